The minimum atomic E-state index is -0.385. The highest BCUT2D eigenvalue weighted by Gasteiger charge is 2.14. The van der Waals surface area contributed by atoms with Crippen LogP contribution in [0, 0.1) is 5.82 Å². The van der Waals surface area contributed by atoms with Gasteiger partial charge >= 0.3 is 0 Å². The Morgan fingerprint density at radius 2 is 1.95 bits per heavy atom. The normalized spacial score (nSPS) is 10.3. The molecule has 0 unspecified atom stereocenters. The molecule has 0 spiro atoms. The highest BCUT2D eigenvalue weighted by atomic mass is 79.9. The van der Waals surface area contributed by atoms with Crippen LogP contribution in [0.1, 0.15) is 10.4 Å². The first-order chi connectivity index (χ1) is 9.88. The predicted molar refractivity (Wildman–Crippen MR) is 86.3 cm³/mol. The molecule has 2 aromatic rings. The minimum Gasteiger partial charge on any atom is -0.399 e. The first kappa shape index (κ1) is 15.3. The van der Waals surface area contributed by atoms with Gasteiger partial charge in [0.1, 0.15) is 5.82 Å². The van der Waals surface area contributed by atoms with Crippen LogP contribution in [0.4, 0.5) is 21.5 Å². The molecule has 6 heteroatoms. The molecule has 21 heavy (non-hydrogen) atoms. The second kappa shape index (κ2) is 6.13. The molecule has 4 nitrogen and oxygen atoms in total. The SMILES string of the molecule is CN(C)C(=O)c1ccc(N)cc1Nc1ccc(Br)c(F)c1. The summed E-state index contributed by atoms with van der Waals surface area (Å²) in [6, 6.07) is 9.60. The van der Waals surface area contributed by atoms with Crippen molar-refractivity contribution in [2.75, 3.05) is 25.1 Å². The van der Waals surface area contributed by atoms with Crippen molar-refractivity contribution in [2.24, 2.45) is 0 Å². The smallest absolute Gasteiger partial charge is 0.255 e. The van der Waals surface area contributed by atoms with Crippen molar-refractivity contribution in [3.63, 3.8) is 0 Å². The number of benzene rings is 2. The maximum atomic E-state index is 13.6. The van der Waals surface area contributed by atoms with Gasteiger partial charge < -0.3 is 16.0 Å². The summed E-state index contributed by atoms with van der Waals surface area (Å²) in [5.74, 6) is -0.542. The summed E-state index contributed by atoms with van der Waals surface area (Å²) in [6.07, 6.45) is 0. The lowest BCUT2D eigenvalue weighted by atomic mass is 10.1. The number of nitrogens with two attached hydrogens (primary N) is 1. The summed E-state index contributed by atoms with van der Waals surface area (Å²) in [4.78, 5) is 13.6. The zero-order valence-corrected chi connectivity index (χ0v) is 13.2. The van der Waals surface area contributed by atoms with E-state index in [-0.39, 0.29) is 11.7 Å². The van der Waals surface area contributed by atoms with Crippen molar-refractivity contribution in [1.29, 1.82) is 0 Å². The van der Waals surface area contributed by atoms with Crippen LogP contribution >= 0.6 is 15.9 Å². The lowest BCUT2D eigenvalue weighted by Gasteiger charge is -2.16. The van der Waals surface area contributed by atoms with Gasteiger partial charge in [0.05, 0.1) is 15.7 Å². The Morgan fingerprint density at radius 1 is 1.24 bits per heavy atom. The van der Waals surface area contributed by atoms with E-state index in [1.54, 1.807) is 44.4 Å². The largest absolute Gasteiger partial charge is 0.399 e. The Kier molecular flexibility index (Phi) is 4.47. The number of nitrogen functional groups attached to an aromatic ring is 1. The van der Waals surface area contributed by atoms with Gasteiger partial charge in [-0.25, -0.2) is 4.39 Å². The number of rotatable bonds is 3. The van der Waals surface area contributed by atoms with E-state index in [0.717, 1.165) is 0 Å². The minimum absolute atomic E-state index is 0.157. The van der Waals surface area contributed by atoms with Crippen LogP contribution in [0.25, 0.3) is 0 Å². The number of carbonyl (C=O) groups is 1. The van der Waals surface area contributed by atoms with Crippen LogP contribution in [0.15, 0.2) is 40.9 Å². The summed E-state index contributed by atoms with van der Waals surface area (Å²) < 4.78 is 13.9. The van der Waals surface area contributed by atoms with Crippen LogP contribution in [0.5, 0.6) is 0 Å². The molecule has 0 aliphatic carbocycles. The first-order valence-corrected chi connectivity index (χ1v) is 7.01. The molecular formula is C15H15BrFN3O. The predicted octanol–water partition coefficient (Wildman–Crippen LogP) is 3.62. The van der Waals surface area contributed by atoms with Gasteiger partial charge in [0, 0.05) is 25.5 Å². The summed E-state index contributed by atoms with van der Waals surface area (Å²) in [5.41, 5.74) is 7.83. The van der Waals surface area contributed by atoms with Gasteiger partial charge in [-0.15, -0.1) is 0 Å². The molecule has 0 saturated heterocycles. The van der Waals surface area contributed by atoms with Crippen molar-refractivity contribution in [2.45, 2.75) is 0 Å². The van der Waals surface area contributed by atoms with E-state index >= 15 is 0 Å². The van der Waals surface area contributed by atoms with E-state index < -0.39 is 0 Å². The standard InChI is InChI=1S/C15H15BrFN3O/c1-20(2)15(21)11-5-3-9(18)7-14(11)19-10-4-6-12(16)13(17)8-10/h3-8,19H,18H2,1-2H3. The third kappa shape index (κ3) is 3.52. The molecule has 0 bridgehead atoms. The molecular weight excluding hydrogens is 337 g/mol. The van der Waals surface area contributed by atoms with E-state index in [4.69, 9.17) is 5.73 Å². The highest BCUT2D eigenvalue weighted by molar-refractivity contribution is 9.10. The van der Waals surface area contributed by atoms with Crippen LogP contribution < -0.4 is 11.1 Å². The van der Waals surface area contributed by atoms with Gasteiger partial charge in [-0.2, -0.15) is 0 Å². The van der Waals surface area contributed by atoms with Gasteiger partial charge in [-0.3, -0.25) is 4.79 Å². The van der Waals surface area contributed by atoms with Crippen molar-refractivity contribution in [1.82, 2.24) is 4.90 Å². The Labute approximate surface area is 130 Å². The first-order valence-electron chi connectivity index (χ1n) is 6.21. The van der Waals surface area contributed by atoms with Crippen LogP contribution in [-0.2, 0) is 0 Å². The molecule has 0 radical (unpaired) electrons. The monoisotopic (exact) mass is 351 g/mol. The zero-order valence-electron chi connectivity index (χ0n) is 11.7. The topological polar surface area (TPSA) is 58.4 Å². The fourth-order valence-corrected chi connectivity index (χ4v) is 2.07. The molecule has 0 aliphatic rings. The van der Waals surface area contributed by atoms with Gasteiger partial charge in [0.2, 0.25) is 0 Å². The van der Waals surface area contributed by atoms with Gasteiger partial charge in [-0.05, 0) is 52.3 Å². The average Bonchev–Trinajstić information content (AvgIpc) is 2.42. The Hall–Kier alpha value is -2.08. The summed E-state index contributed by atoms with van der Waals surface area (Å²) in [6.45, 7) is 0. The fraction of sp³-hybridized carbons (Fsp3) is 0.133. The van der Waals surface area contributed by atoms with Crippen LogP contribution in [0.3, 0.4) is 0 Å². The van der Waals surface area contributed by atoms with E-state index in [1.165, 1.54) is 11.0 Å². The summed E-state index contributed by atoms with van der Waals surface area (Å²) in [7, 11) is 3.34. The van der Waals surface area contributed by atoms with Crippen LogP contribution in [0.2, 0.25) is 0 Å². The number of nitrogens with zero attached hydrogens (tertiary/aromatic N) is 1. The van der Waals surface area contributed by atoms with Gasteiger partial charge in [0.15, 0.2) is 0 Å². The zero-order chi connectivity index (χ0) is 15.6. The molecule has 0 aliphatic heterocycles. The lowest BCUT2D eigenvalue weighted by molar-refractivity contribution is 0.0828. The third-order valence-electron chi connectivity index (χ3n) is 2.88. The van der Waals surface area contributed by atoms with Crippen molar-refractivity contribution in [3.8, 4) is 0 Å². The molecule has 2 rings (SSSR count). The van der Waals surface area contributed by atoms with Gasteiger partial charge in [-0.1, -0.05) is 0 Å². The summed E-state index contributed by atoms with van der Waals surface area (Å²) in [5, 5.41) is 3.03. The fourth-order valence-electron chi connectivity index (χ4n) is 1.82. The number of hydrogen-bond acceptors (Lipinski definition) is 3. The lowest BCUT2D eigenvalue weighted by Crippen LogP contribution is -2.22. The van der Waals surface area contributed by atoms with E-state index in [9.17, 15) is 9.18 Å². The van der Waals surface area contributed by atoms with Crippen molar-refractivity contribution in [3.05, 3.63) is 52.3 Å². The van der Waals surface area contributed by atoms with E-state index in [1.807, 2.05) is 0 Å². The molecule has 110 valence electrons. The number of hydrogen-bond donors (Lipinski definition) is 2. The molecule has 0 atom stereocenters. The Balaban J connectivity index is 2.40. The molecule has 0 saturated carbocycles. The van der Waals surface area contributed by atoms with Crippen LogP contribution in [-0.4, -0.2) is 24.9 Å². The maximum Gasteiger partial charge on any atom is 0.255 e. The Bertz CT molecular complexity index is 689. The quantitative estimate of drug-likeness (QED) is 0.830. The van der Waals surface area contributed by atoms with Gasteiger partial charge in [0.25, 0.3) is 5.91 Å². The van der Waals surface area contributed by atoms with Crippen molar-refractivity contribution < 1.29 is 9.18 Å². The molecule has 0 aromatic heterocycles. The molecule has 2 aromatic carbocycles. The molecule has 3 N–H and O–H groups in total. The molecule has 1 amide bonds. The van der Waals surface area contributed by atoms with E-state index in [0.29, 0.717) is 27.1 Å². The summed E-state index contributed by atoms with van der Waals surface area (Å²) >= 11 is 3.10. The number of nitrogens with one attached hydrogen (secondary N) is 1. The Morgan fingerprint density at radius 3 is 2.57 bits per heavy atom. The third-order valence-corrected chi connectivity index (χ3v) is 3.52. The molecule has 0 heterocycles. The number of amides is 1. The second-order valence-electron chi connectivity index (χ2n) is 4.76. The van der Waals surface area contributed by atoms with Crippen molar-refractivity contribution >= 4 is 38.9 Å². The van der Waals surface area contributed by atoms with E-state index in [2.05, 4.69) is 21.2 Å². The maximum absolute atomic E-state index is 13.6. The average molecular weight is 352 g/mol. The highest BCUT2D eigenvalue weighted by Crippen LogP contribution is 2.26. The molecule has 0 fully saturated rings. The number of anilines is 3. The number of carbonyl (C=O) groups excluding carboxylic acids is 1. The number of halogens is 2. The second-order valence-corrected chi connectivity index (χ2v) is 5.61.